The zero-order valence-corrected chi connectivity index (χ0v) is 11.2. The summed E-state index contributed by atoms with van der Waals surface area (Å²) in [5.74, 6) is 0. The second-order valence-corrected chi connectivity index (χ2v) is 5.61. The van der Waals surface area contributed by atoms with Crippen molar-refractivity contribution in [3.63, 3.8) is 0 Å². The third-order valence-corrected chi connectivity index (χ3v) is 2.77. The van der Waals surface area contributed by atoms with Crippen molar-refractivity contribution in [2.45, 2.75) is 44.9 Å². The lowest BCUT2D eigenvalue weighted by Crippen LogP contribution is -2.73. The van der Waals surface area contributed by atoms with Crippen molar-refractivity contribution in [3.8, 4) is 0 Å². The van der Waals surface area contributed by atoms with Gasteiger partial charge < -0.3 is 11.1 Å². The zero-order valence-electron chi connectivity index (χ0n) is 11.2. The minimum absolute atomic E-state index is 0.0122. The minimum atomic E-state index is -0.0122. The number of pyridine rings is 1. The van der Waals surface area contributed by atoms with Gasteiger partial charge in [0, 0.05) is 30.0 Å². The third-order valence-electron chi connectivity index (χ3n) is 2.77. The first-order chi connectivity index (χ1) is 7.83. The average molecular weight is 236 g/mol. The Labute approximate surface area is 104 Å². The van der Waals surface area contributed by atoms with Crippen molar-refractivity contribution >= 4 is 0 Å². The maximum absolute atomic E-state index is 5.86. The molecule has 0 amide bonds. The van der Waals surface area contributed by atoms with Gasteiger partial charge in [-0.2, -0.15) is 0 Å². The van der Waals surface area contributed by atoms with E-state index in [0.29, 0.717) is 0 Å². The Morgan fingerprint density at radius 3 is 2.00 bits per heavy atom. The van der Waals surface area contributed by atoms with Crippen molar-refractivity contribution in [2.24, 2.45) is 5.73 Å². The largest absolute Gasteiger partial charge is 0.314 e. The number of piperazine rings is 1. The molecule has 2 rings (SSSR count). The number of nitrogens with one attached hydrogen (secondary N) is 2. The van der Waals surface area contributed by atoms with Crippen LogP contribution in [0.3, 0.4) is 0 Å². The molecule has 1 aliphatic heterocycles. The SMILES string of the molecule is CC1(C)CNC(N)C(C)(C)N1.c1ccncc1. The lowest BCUT2D eigenvalue weighted by atomic mass is 9.90. The molecule has 0 radical (unpaired) electrons. The number of nitrogens with zero attached hydrogens (tertiary/aromatic N) is 1. The molecule has 1 fully saturated rings. The number of hydrogen-bond acceptors (Lipinski definition) is 4. The Hall–Kier alpha value is -0.970. The molecule has 4 N–H and O–H groups in total. The van der Waals surface area contributed by atoms with Gasteiger partial charge in [-0.3, -0.25) is 10.3 Å². The molecule has 1 atom stereocenters. The van der Waals surface area contributed by atoms with Gasteiger partial charge in [0.1, 0.15) is 0 Å². The molecule has 1 aromatic rings. The minimum Gasteiger partial charge on any atom is -0.314 e. The second-order valence-electron chi connectivity index (χ2n) is 5.61. The highest BCUT2D eigenvalue weighted by Crippen LogP contribution is 2.16. The summed E-state index contributed by atoms with van der Waals surface area (Å²) in [5, 5.41) is 6.77. The highest BCUT2D eigenvalue weighted by atomic mass is 15.2. The quantitative estimate of drug-likeness (QED) is 0.631. The molecule has 0 spiro atoms. The van der Waals surface area contributed by atoms with Gasteiger partial charge in [0.25, 0.3) is 0 Å². The Morgan fingerprint density at radius 2 is 1.71 bits per heavy atom. The first kappa shape index (κ1) is 14.1. The predicted molar refractivity (Wildman–Crippen MR) is 71.5 cm³/mol. The Kier molecular flexibility index (Phi) is 4.62. The fourth-order valence-electron chi connectivity index (χ4n) is 1.93. The number of rotatable bonds is 0. The van der Waals surface area contributed by atoms with Crippen LogP contribution in [0.1, 0.15) is 27.7 Å². The molecule has 4 nitrogen and oxygen atoms in total. The summed E-state index contributed by atoms with van der Waals surface area (Å²) < 4.78 is 0. The van der Waals surface area contributed by atoms with E-state index in [1.165, 1.54) is 0 Å². The van der Waals surface area contributed by atoms with E-state index in [1.54, 1.807) is 12.4 Å². The van der Waals surface area contributed by atoms with Gasteiger partial charge in [0.15, 0.2) is 0 Å². The maximum atomic E-state index is 5.86. The summed E-state index contributed by atoms with van der Waals surface area (Å²) in [6.45, 7) is 9.51. The topological polar surface area (TPSA) is 63.0 Å². The fraction of sp³-hybridized carbons (Fsp3) is 0.615. The van der Waals surface area contributed by atoms with E-state index in [4.69, 9.17) is 5.73 Å². The van der Waals surface area contributed by atoms with E-state index in [-0.39, 0.29) is 17.2 Å². The second kappa shape index (κ2) is 5.58. The van der Waals surface area contributed by atoms with E-state index in [9.17, 15) is 0 Å². The predicted octanol–water partition coefficient (Wildman–Crippen LogP) is 1.10. The molecule has 0 bridgehead atoms. The normalized spacial score (nSPS) is 25.6. The van der Waals surface area contributed by atoms with E-state index in [2.05, 4.69) is 43.3 Å². The Bertz CT molecular complexity index is 295. The van der Waals surface area contributed by atoms with E-state index in [1.807, 2.05) is 18.2 Å². The van der Waals surface area contributed by atoms with Gasteiger partial charge in [-0.1, -0.05) is 6.07 Å². The molecule has 4 heteroatoms. The zero-order chi connectivity index (χ0) is 12.9. The van der Waals surface area contributed by atoms with Gasteiger partial charge in [0.2, 0.25) is 0 Å². The summed E-state index contributed by atoms with van der Waals surface area (Å²) in [5.41, 5.74) is 6.00. The van der Waals surface area contributed by atoms with Crippen LogP contribution in [-0.4, -0.2) is 28.8 Å². The molecule has 96 valence electrons. The molecule has 1 aliphatic rings. The summed E-state index contributed by atoms with van der Waals surface area (Å²) in [6, 6.07) is 5.72. The highest BCUT2D eigenvalue weighted by molar-refractivity contribution is 5.00. The van der Waals surface area contributed by atoms with E-state index < -0.39 is 0 Å². The van der Waals surface area contributed by atoms with Gasteiger partial charge in [-0.05, 0) is 39.8 Å². The van der Waals surface area contributed by atoms with Crippen LogP contribution >= 0.6 is 0 Å². The molecule has 0 aromatic carbocycles. The lowest BCUT2D eigenvalue weighted by molar-refractivity contribution is 0.149. The molecule has 1 unspecified atom stereocenters. The van der Waals surface area contributed by atoms with E-state index >= 15 is 0 Å². The Balaban J connectivity index is 0.000000202. The Morgan fingerprint density at radius 1 is 1.12 bits per heavy atom. The number of nitrogens with two attached hydrogens (primary N) is 1. The van der Waals surface area contributed by atoms with Crippen LogP contribution in [0.4, 0.5) is 0 Å². The van der Waals surface area contributed by atoms with Crippen LogP contribution in [0.2, 0.25) is 0 Å². The van der Waals surface area contributed by atoms with Crippen LogP contribution in [-0.2, 0) is 0 Å². The lowest BCUT2D eigenvalue weighted by Gasteiger charge is -2.47. The molecular formula is C13H24N4. The first-order valence-electron chi connectivity index (χ1n) is 5.97. The fourth-order valence-corrected chi connectivity index (χ4v) is 1.93. The van der Waals surface area contributed by atoms with Crippen LogP contribution in [0.25, 0.3) is 0 Å². The van der Waals surface area contributed by atoms with Gasteiger partial charge in [-0.15, -0.1) is 0 Å². The van der Waals surface area contributed by atoms with Crippen molar-refractivity contribution in [1.82, 2.24) is 15.6 Å². The van der Waals surface area contributed by atoms with Crippen LogP contribution in [0.5, 0.6) is 0 Å². The van der Waals surface area contributed by atoms with Crippen LogP contribution < -0.4 is 16.4 Å². The van der Waals surface area contributed by atoms with Crippen molar-refractivity contribution < 1.29 is 0 Å². The molecular weight excluding hydrogens is 212 g/mol. The summed E-state index contributed by atoms with van der Waals surface area (Å²) in [7, 11) is 0. The first-order valence-corrected chi connectivity index (χ1v) is 5.97. The monoisotopic (exact) mass is 236 g/mol. The summed E-state index contributed by atoms with van der Waals surface area (Å²) >= 11 is 0. The third kappa shape index (κ3) is 4.81. The van der Waals surface area contributed by atoms with Gasteiger partial charge >= 0.3 is 0 Å². The summed E-state index contributed by atoms with van der Waals surface area (Å²) in [6.07, 6.45) is 3.55. The average Bonchev–Trinajstić information content (AvgIpc) is 2.26. The number of hydrogen-bond donors (Lipinski definition) is 3. The van der Waals surface area contributed by atoms with Crippen molar-refractivity contribution in [3.05, 3.63) is 30.6 Å². The van der Waals surface area contributed by atoms with Crippen molar-refractivity contribution in [1.29, 1.82) is 0 Å². The van der Waals surface area contributed by atoms with Gasteiger partial charge in [-0.25, -0.2) is 0 Å². The van der Waals surface area contributed by atoms with Crippen LogP contribution in [0.15, 0.2) is 30.6 Å². The highest BCUT2D eigenvalue weighted by Gasteiger charge is 2.37. The molecule has 1 aromatic heterocycles. The molecule has 17 heavy (non-hydrogen) atoms. The van der Waals surface area contributed by atoms with Gasteiger partial charge in [0.05, 0.1) is 6.17 Å². The van der Waals surface area contributed by atoms with Crippen LogP contribution in [0, 0.1) is 0 Å². The van der Waals surface area contributed by atoms with E-state index in [0.717, 1.165) is 6.54 Å². The number of aromatic nitrogens is 1. The molecule has 0 saturated carbocycles. The smallest absolute Gasteiger partial charge is 0.0729 e. The molecule has 1 saturated heterocycles. The van der Waals surface area contributed by atoms with Crippen molar-refractivity contribution in [2.75, 3.05) is 6.54 Å². The standard InChI is InChI=1S/C8H19N3.C5H5N/c1-7(2)5-10-6(9)8(3,4)11-7;1-2-4-6-5-3-1/h6,10-11H,5,9H2,1-4H3;1-5H. The summed E-state index contributed by atoms with van der Waals surface area (Å²) in [4.78, 5) is 3.78. The molecule has 0 aliphatic carbocycles. The maximum Gasteiger partial charge on any atom is 0.0729 e. The molecule has 2 heterocycles.